The number of rotatable bonds is 19. The van der Waals surface area contributed by atoms with Crippen molar-refractivity contribution in [2.45, 2.75) is 98.9 Å². The van der Waals surface area contributed by atoms with Gasteiger partial charge in [0, 0.05) is 13.5 Å². The Morgan fingerprint density at radius 1 is 0.613 bits per heavy atom. The van der Waals surface area contributed by atoms with Crippen LogP contribution < -0.4 is 168 Å². The van der Waals surface area contributed by atoms with Crippen molar-refractivity contribution in [3.8, 4) is 0 Å². The smallest absolute Gasteiger partial charge is 0.735 e. The van der Waals surface area contributed by atoms with Gasteiger partial charge in [0.25, 0.3) is 0 Å². The number of aliphatic carboxylic acids is 1. The van der Waals surface area contributed by atoms with Crippen LogP contribution in [0.3, 0.4) is 0 Å². The van der Waals surface area contributed by atoms with Gasteiger partial charge in [0.05, 0.1) is 25.8 Å². The van der Waals surface area contributed by atoms with Crippen molar-refractivity contribution >= 4 is 53.3 Å². The van der Waals surface area contributed by atoms with E-state index in [4.69, 9.17) is 28.4 Å². The molecular formula is C22H34N3Na5O28S4. The summed E-state index contributed by atoms with van der Waals surface area (Å²) < 4.78 is 176. The molecule has 1 amide bonds. The van der Waals surface area contributed by atoms with Crippen LogP contribution >= 0.6 is 0 Å². The molecule has 15 atom stereocenters. The maximum absolute atomic E-state index is 12.2. The van der Waals surface area contributed by atoms with Crippen LogP contribution in [-0.4, -0.2) is 208 Å². The Morgan fingerprint density at radius 3 is 1.58 bits per heavy atom. The predicted octanol–water partition coefficient (Wildman–Crippen LogP) is -26.6. The van der Waals surface area contributed by atoms with Gasteiger partial charge in [-0.15, -0.1) is 0 Å². The van der Waals surface area contributed by atoms with Crippen LogP contribution in [0.1, 0.15) is 6.92 Å². The van der Waals surface area contributed by atoms with Crippen LogP contribution in [0.2, 0.25) is 0 Å². The second-order valence-corrected chi connectivity index (χ2v) is 16.4. The number of amides is 1. The Balaban J connectivity index is -0.00000696. The van der Waals surface area contributed by atoms with E-state index in [2.05, 4.69) is 13.7 Å². The summed E-state index contributed by atoms with van der Waals surface area (Å²) in [6, 6.07) is -4.21. The van der Waals surface area contributed by atoms with Gasteiger partial charge in [-0.05, 0) is 0 Å². The third-order valence-electron chi connectivity index (χ3n) is 7.80. The molecule has 3 rings (SSSR count). The molecule has 0 bridgehead atoms. The van der Waals surface area contributed by atoms with Gasteiger partial charge < -0.3 is 87.4 Å². The van der Waals surface area contributed by atoms with E-state index in [1.54, 1.807) is 0 Å². The summed E-state index contributed by atoms with van der Waals surface area (Å²) in [7, 11) is -21.7. The first-order valence-electron chi connectivity index (χ1n) is 15.4. The Labute approximate surface area is 463 Å². The predicted molar refractivity (Wildman–Crippen MR) is 160 cm³/mol. The Hall–Kier alpha value is 2.98. The van der Waals surface area contributed by atoms with Crippen LogP contribution in [0.25, 0.3) is 0 Å². The van der Waals surface area contributed by atoms with E-state index in [0.717, 1.165) is 6.92 Å². The summed E-state index contributed by atoms with van der Waals surface area (Å²) in [5.74, 6) is -3.26. The van der Waals surface area contributed by atoms with Crippen molar-refractivity contribution in [3.63, 3.8) is 0 Å². The fourth-order valence-electron chi connectivity index (χ4n) is 5.47. The number of hydrogen-bond acceptors (Lipinski definition) is 28. The molecule has 334 valence electrons. The molecule has 3 fully saturated rings. The molecule has 3 aliphatic heterocycles. The van der Waals surface area contributed by atoms with Gasteiger partial charge in [-0.25, -0.2) is 43.1 Å². The monoisotopic (exact) mass is 1030 g/mol. The molecule has 62 heavy (non-hydrogen) atoms. The molecule has 3 heterocycles. The minimum absolute atomic E-state index is 0. The second kappa shape index (κ2) is 29.4. The third-order valence-corrected chi connectivity index (χ3v) is 9.77. The molecule has 0 aromatic heterocycles. The Kier molecular flexibility index (Phi) is 32.8. The number of carbonyl (C=O) groups is 2. The van der Waals surface area contributed by atoms with Gasteiger partial charge in [0.15, 0.2) is 39.5 Å². The zero-order chi connectivity index (χ0) is 43.4. The van der Waals surface area contributed by atoms with Crippen molar-refractivity contribution in [1.82, 2.24) is 14.8 Å². The van der Waals surface area contributed by atoms with Crippen LogP contribution in [0, 0.1) is 0 Å². The summed E-state index contributed by atoms with van der Waals surface area (Å²) in [5.41, 5.74) is 0. The normalized spacial score (nSPS) is 34.1. The molecule has 0 aromatic rings. The molecule has 8 N–H and O–H groups in total. The quantitative estimate of drug-likeness (QED) is 0.0258. The number of carbonyl (C=O) groups excluding carboxylic acids is 2. The van der Waals surface area contributed by atoms with E-state index in [9.17, 15) is 92.1 Å². The zero-order valence-electron chi connectivity index (χ0n) is 33.2. The fourth-order valence-corrected chi connectivity index (χ4v) is 6.99. The minimum Gasteiger partial charge on any atom is -0.735 e. The molecule has 40 heteroatoms. The van der Waals surface area contributed by atoms with E-state index >= 15 is 0 Å². The first-order valence-corrected chi connectivity index (χ1v) is 20.9. The van der Waals surface area contributed by atoms with Crippen LogP contribution in [0.4, 0.5) is 0 Å². The summed E-state index contributed by atoms with van der Waals surface area (Å²) in [6.07, 6.45) is -30.8. The van der Waals surface area contributed by atoms with Crippen LogP contribution in [-0.2, 0) is 87.8 Å². The van der Waals surface area contributed by atoms with Crippen molar-refractivity contribution < 1.29 is 277 Å². The van der Waals surface area contributed by atoms with Crippen LogP contribution in [0.5, 0.6) is 0 Å². The standard InChI is InChI=1S/C22H39N3O28S4.5Na/c1-6(26)24-9-13(29)16(8(5-48-57(43,44)45)50-20(9)46-3-2-23-54(34,35)36)51-22-15(31)14(30)17(18(53-22)19(32)33)52-21-10(25-55(37,38)39)12(28)11(27)7(49-21)4-47-56(40,41)42;;;;;/h7-18,20-23,25,27-31H,2-5H2,1H3,(H,24,26)(H,32,33)(H,34,35,36)(H,37,38,39)(H,40,41,42)(H,43,44,45);;;;;/q;5*+1/p-5/t7-,8-,9-,10-,11-,12-,13-,14-,15-,16-,17+,18+,20+,21-,22-;;;;;/m1...../s1. The number of nitrogens with one attached hydrogen (secondary N) is 3. The van der Waals surface area contributed by atoms with Crippen molar-refractivity contribution in [1.29, 1.82) is 0 Å². The number of carboxylic acids is 1. The summed E-state index contributed by atoms with van der Waals surface area (Å²) in [4.78, 5) is 24.2. The first-order chi connectivity index (χ1) is 26.0. The summed E-state index contributed by atoms with van der Waals surface area (Å²) in [6.45, 7) is -3.30. The van der Waals surface area contributed by atoms with Gasteiger partial charge >= 0.3 is 148 Å². The van der Waals surface area contributed by atoms with E-state index in [1.807, 2.05) is 0 Å². The minimum atomic E-state index is -5.62. The van der Waals surface area contributed by atoms with Crippen molar-refractivity contribution in [2.75, 3.05) is 26.4 Å². The molecule has 31 nitrogen and oxygen atoms in total. The number of hydrogen-bond donors (Lipinski definition) is 8. The molecule has 0 aromatic carbocycles. The van der Waals surface area contributed by atoms with Gasteiger partial charge in [0.2, 0.25) is 26.7 Å². The second-order valence-electron chi connectivity index (χ2n) is 11.9. The fraction of sp³-hybridized carbons (Fsp3) is 0.909. The molecule has 0 unspecified atom stereocenters. The number of ether oxygens (including phenoxy) is 6. The van der Waals surface area contributed by atoms with Gasteiger partial charge in [-0.1, -0.05) is 0 Å². The van der Waals surface area contributed by atoms with E-state index in [1.165, 1.54) is 9.44 Å². The number of aliphatic hydroxyl groups is 5. The van der Waals surface area contributed by atoms with E-state index in [0.29, 0.717) is 0 Å². The van der Waals surface area contributed by atoms with Gasteiger partial charge in [0.1, 0.15) is 73.1 Å². The van der Waals surface area contributed by atoms with Crippen molar-refractivity contribution in [2.24, 2.45) is 0 Å². The molecule has 3 aliphatic rings. The molecule has 0 radical (unpaired) electrons. The number of carboxylic acid groups (broad SMARTS) is 1. The molecule has 0 saturated carbocycles. The van der Waals surface area contributed by atoms with E-state index < -0.39 is 172 Å². The largest absolute Gasteiger partial charge is 1.00 e. The molecule has 0 spiro atoms. The molecule has 0 aliphatic carbocycles. The third kappa shape index (κ3) is 22.4. The first kappa shape index (κ1) is 69.2. The average molecular weight is 1030 g/mol. The summed E-state index contributed by atoms with van der Waals surface area (Å²) in [5, 5.41) is 68.4. The summed E-state index contributed by atoms with van der Waals surface area (Å²) >= 11 is 0. The van der Waals surface area contributed by atoms with Crippen molar-refractivity contribution in [3.05, 3.63) is 0 Å². The van der Waals surface area contributed by atoms with Gasteiger partial charge in [-0.2, -0.15) is 0 Å². The molecular weight excluding hydrogens is 997 g/mol. The van der Waals surface area contributed by atoms with Gasteiger partial charge in [-0.3, -0.25) is 13.2 Å². The Morgan fingerprint density at radius 2 is 1.11 bits per heavy atom. The topological polar surface area (TPSA) is 497 Å². The maximum Gasteiger partial charge on any atom is 1.00 e. The maximum atomic E-state index is 12.2. The Bertz CT molecular complexity index is 1860. The zero-order valence-corrected chi connectivity index (χ0v) is 46.5. The SMILES string of the molecule is CC(=O)N[C@H]1[C@@H](OCCNS(=O)(=O)[O-])O[C@H](COS(=O)(=O)[O-])[C@@H](O[C@@H]2O[C@H](C(=O)[O-])[C@@H](O[C@H]3O[C@H](COS(=O)(=O)[O-])[C@@H](O)[C@H](O)[C@H]3NS(=O)(=O)[O-])[C@H](O)[C@H]2O)[C@@H]1O.[Na+].[Na+].[Na+].[Na+].[Na+]. The molecule has 3 saturated heterocycles. The number of aliphatic hydroxyl groups excluding tert-OH is 5. The average Bonchev–Trinajstić information content (AvgIpc) is 3.04. The van der Waals surface area contributed by atoms with E-state index in [-0.39, 0.29) is 148 Å². The van der Waals surface area contributed by atoms with Crippen LogP contribution in [0.15, 0.2) is 0 Å².